The second kappa shape index (κ2) is 17.0. The molecular formula is C37H65N7O9S. The van der Waals surface area contributed by atoms with Crippen LogP contribution in [0.25, 0.3) is 0 Å². The molecule has 2 rings (SSSR count). The van der Waals surface area contributed by atoms with Gasteiger partial charge >= 0.3 is 22.3 Å². The zero-order valence-electron chi connectivity index (χ0n) is 34.7. The van der Waals surface area contributed by atoms with Crippen molar-refractivity contribution in [2.24, 2.45) is 28.1 Å². The number of carbonyl (C=O) groups is 6. The van der Waals surface area contributed by atoms with Gasteiger partial charge < -0.3 is 30.9 Å². The van der Waals surface area contributed by atoms with Gasteiger partial charge in [-0.3, -0.25) is 19.2 Å². The average Bonchev–Trinajstić information content (AvgIpc) is 3.33. The van der Waals surface area contributed by atoms with E-state index in [-0.39, 0.29) is 43.3 Å². The van der Waals surface area contributed by atoms with Gasteiger partial charge in [-0.2, -0.15) is 17.0 Å². The topological polar surface area (TPSA) is 204 Å². The van der Waals surface area contributed by atoms with E-state index in [1.807, 2.05) is 41.5 Å². The van der Waals surface area contributed by atoms with Crippen LogP contribution >= 0.6 is 0 Å². The third-order valence-electron chi connectivity index (χ3n) is 10.2. The zero-order chi connectivity index (χ0) is 41.9. The summed E-state index contributed by atoms with van der Waals surface area (Å²) in [5, 5.41) is 10.8. The standard InChI is InChI=1S/C37H65N7O9S/c1-16-18-23(27(45)30(47)38-19-17-2)39-29(46)26-25-22(37(25,12)13)20-44(26)31(48)28(35(6,7)8)41-32(49)40-24(34(3,4)5)21-42(14)54(51,52)43(15)33(50)53-36(9,10)11/h17,22-26,28H,2,16,18-21H2,1,3-15H3,(H,38,47)(H,39,46)(H2,40,41,49)/t22-,23?,24+,25-,26-,28+/m0/s1. The lowest BCUT2D eigenvalue weighted by Gasteiger charge is -2.39. The van der Waals surface area contributed by atoms with Crippen molar-refractivity contribution in [3.05, 3.63) is 12.7 Å². The van der Waals surface area contributed by atoms with Gasteiger partial charge in [0.25, 0.3) is 5.91 Å². The summed E-state index contributed by atoms with van der Waals surface area (Å²) in [5.74, 6) is -2.87. The third-order valence-corrected chi connectivity index (χ3v) is 11.9. The van der Waals surface area contributed by atoms with Crippen LogP contribution in [0.3, 0.4) is 0 Å². The Morgan fingerprint density at radius 1 is 0.944 bits per heavy atom. The van der Waals surface area contributed by atoms with Gasteiger partial charge in [0.2, 0.25) is 17.6 Å². The van der Waals surface area contributed by atoms with Crippen molar-refractivity contribution < 1.29 is 41.9 Å². The molecule has 308 valence electrons. The van der Waals surface area contributed by atoms with Gasteiger partial charge in [-0.15, -0.1) is 6.58 Å². The van der Waals surface area contributed by atoms with Gasteiger partial charge in [0.05, 0.1) is 6.04 Å². The molecule has 0 aromatic rings. The Morgan fingerprint density at radius 2 is 1.52 bits per heavy atom. The predicted octanol–water partition coefficient (Wildman–Crippen LogP) is 2.80. The van der Waals surface area contributed by atoms with Gasteiger partial charge in [-0.25, -0.2) is 9.59 Å². The molecule has 0 aromatic carbocycles. The molecule has 1 heterocycles. The fourth-order valence-corrected chi connectivity index (χ4v) is 7.68. The molecule has 0 bridgehead atoms. The summed E-state index contributed by atoms with van der Waals surface area (Å²) in [6.45, 7) is 25.1. The minimum atomic E-state index is -4.35. The lowest BCUT2D eigenvalue weighted by molar-refractivity contribution is -0.145. The maximum atomic E-state index is 14.4. The van der Waals surface area contributed by atoms with Gasteiger partial charge in [0.15, 0.2) is 0 Å². The van der Waals surface area contributed by atoms with Gasteiger partial charge in [-0.1, -0.05) is 74.8 Å². The van der Waals surface area contributed by atoms with Crippen LogP contribution < -0.4 is 21.3 Å². The van der Waals surface area contributed by atoms with Crippen LogP contribution in [0.2, 0.25) is 0 Å². The zero-order valence-corrected chi connectivity index (χ0v) is 35.5. The summed E-state index contributed by atoms with van der Waals surface area (Å²) in [7, 11) is -1.98. The van der Waals surface area contributed by atoms with Crippen molar-refractivity contribution in [3.8, 4) is 0 Å². The monoisotopic (exact) mass is 783 g/mol. The van der Waals surface area contributed by atoms with Crippen molar-refractivity contribution in [1.82, 2.24) is 34.8 Å². The molecule has 1 aliphatic carbocycles. The Hall–Kier alpha value is -3.73. The number of amides is 6. The molecule has 6 amide bonds. The molecule has 16 nitrogen and oxygen atoms in total. The molecule has 17 heteroatoms. The third kappa shape index (κ3) is 11.2. The van der Waals surface area contributed by atoms with Crippen LogP contribution in [-0.2, 0) is 34.1 Å². The number of likely N-dealkylation sites (N-methyl/N-ethyl adjacent to an activating group) is 1. The summed E-state index contributed by atoms with van der Waals surface area (Å²) >= 11 is 0. The first-order chi connectivity index (χ1) is 24.4. The number of rotatable bonds is 15. The van der Waals surface area contributed by atoms with Crippen molar-refractivity contribution in [2.75, 3.05) is 33.7 Å². The number of ether oxygens (including phenoxy) is 1. The van der Waals surface area contributed by atoms with Crippen molar-refractivity contribution in [3.63, 3.8) is 0 Å². The van der Waals surface area contributed by atoms with Crippen LogP contribution in [0.5, 0.6) is 0 Å². The number of Topliss-reactive ketones (excluding diaryl/α,β-unsaturated/α-hetero) is 1. The highest BCUT2D eigenvalue weighted by molar-refractivity contribution is 7.87. The molecule has 0 radical (unpaired) electrons. The van der Waals surface area contributed by atoms with E-state index in [9.17, 15) is 37.2 Å². The molecule has 1 unspecified atom stereocenters. The summed E-state index contributed by atoms with van der Waals surface area (Å²) in [6.07, 6.45) is 1.12. The lowest BCUT2D eigenvalue weighted by atomic mass is 9.85. The maximum absolute atomic E-state index is 14.4. The fraction of sp³-hybridized carbons (Fsp3) is 0.784. The number of hydrogen-bond donors (Lipinski definition) is 4. The minimum Gasteiger partial charge on any atom is -0.443 e. The second-order valence-corrected chi connectivity index (χ2v) is 20.2. The van der Waals surface area contributed by atoms with Crippen molar-refractivity contribution >= 4 is 45.8 Å². The first-order valence-electron chi connectivity index (χ1n) is 18.5. The number of likely N-dealkylation sites (tertiary alicyclic amines) is 1. The molecule has 6 atom stereocenters. The highest BCUT2D eigenvalue weighted by Gasteiger charge is 2.70. The summed E-state index contributed by atoms with van der Waals surface area (Å²) in [6, 6.07) is -4.69. The van der Waals surface area contributed by atoms with E-state index in [4.69, 9.17) is 4.74 Å². The van der Waals surface area contributed by atoms with E-state index in [0.717, 1.165) is 11.4 Å². The Labute approximate surface area is 322 Å². The van der Waals surface area contributed by atoms with Crippen LogP contribution in [-0.4, -0.2) is 121 Å². The van der Waals surface area contributed by atoms with Crippen LogP contribution in [0.1, 0.15) is 95.9 Å². The largest absolute Gasteiger partial charge is 0.443 e. The molecule has 0 spiro atoms. The number of nitrogens with one attached hydrogen (secondary N) is 4. The first kappa shape index (κ1) is 46.4. The summed E-state index contributed by atoms with van der Waals surface area (Å²) < 4.78 is 33.3. The van der Waals surface area contributed by atoms with Gasteiger partial charge in [0, 0.05) is 39.8 Å². The molecular weight excluding hydrogens is 719 g/mol. The van der Waals surface area contributed by atoms with Crippen LogP contribution in [0.15, 0.2) is 12.7 Å². The molecule has 2 aliphatic rings. The van der Waals surface area contributed by atoms with Gasteiger partial charge in [0.1, 0.15) is 17.7 Å². The molecule has 2 fully saturated rings. The normalized spacial score (nSPS) is 21.2. The summed E-state index contributed by atoms with van der Waals surface area (Å²) in [4.78, 5) is 81.7. The minimum absolute atomic E-state index is 0.00410. The smallest absolute Gasteiger partial charge is 0.424 e. The predicted molar refractivity (Wildman–Crippen MR) is 205 cm³/mol. The Bertz CT molecular complexity index is 1560. The van der Waals surface area contributed by atoms with Crippen LogP contribution in [0, 0.1) is 28.1 Å². The Balaban J connectivity index is 2.33. The first-order valence-corrected chi connectivity index (χ1v) is 19.9. The van der Waals surface area contributed by atoms with Crippen molar-refractivity contribution in [2.45, 2.75) is 126 Å². The number of carbonyl (C=O) groups excluding carboxylic acids is 6. The molecule has 1 aliphatic heterocycles. The van der Waals surface area contributed by atoms with Crippen LogP contribution in [0.4, 0.5) is 9.59 Å². The summed E-state index contributed by atoms with van der Waals surface area (Å²) in [5.41, 5.74) is -2.71. The van der Waals surface area contributed by atoms with E-state index in [2.05, 4.69) is 27.8 Å². The van der Waals surface area contributed by atoms with E-state index >= 15 is 0 Å². The highest BCUT2D eigenvalue weighted by atomic mass is 32.2. The number of ketones is 1. The Kier molecular flexibility index (Phi) is 14.6. The van der Waals surface area contributed by atoms with Crippen molar-refractivity contribution in [1.29, 1.82) is 0 Å². The average molecular weight is 784 g/mol. The molecule has 54 heavy (non-hydrogen) atoms. The Morgan fingerprint density at radius 3 is 2.00 bits per heavy atom. The molecule has 1 saturated carbocycles. The number of urea groups is 1. The number of piperidine rings is 1. The number of hydrogen-bond acceptors (Lipinski definition) is 9. The highest BCUT2D eigenvalue weighted by Crippen LogP contribution is 2.65. The number of nitrogens with zero attached hydrogens (tertiary/aromatic N) is 3. The maximum Gasteiger partial charge on any atom is 0.424 e. The van der Waals surface area contributed by atoms with E-state index in [1.165, 1.54) is 18.0 Å². The van der Waals surface area contributed by atoms with E-state index in [0.29, 0.717) is 10.7 Å². The van der Waals surface area contributed by atoms with Gasteiger partial charge in [-0.05, 0) is 55.3 Å². The quantitative estimate of drug-likeness (QED) is 0.142. The van der Waals surface area contributed by atoms with E-state index in [1.54, 1.807) is 41.5 Å². The van der Waals surface area contributed by atoms with E-state index < -0.39 is 86.4 Å². The molecule has 4 N–H and O–H groups in total. The fourth-order valence-electron chi connectivity index (χ4n) is 6.70. The lowest BCUT2D eigenvalue weighted by Crippen LogP contribution is -2.63. The second-order valence-electron chi connectivity index (χ2n) is 18.2. The molecule has 0 aromatic heterocycles. The SMILES string of the molecule is C=CCNC(=O)C(=O)C(CCC)NC(=O)[C@@H]1[C@@H]2[C@H](CN1C(=O)[C@@H](NC(=O)N[C@H](CN(C)S(=O)(=O)N(C)C(=O)OC(C)(C)C)C(C)(C)C)C(C)(C)C)C2(C)C. The molecule has 1 saturated heterocycles. The number of fused-ring (bicyclic) bond motifs is 1.